The van der Waals surface area contributed by atoms with Crippen molar-refractivity contribution < 1.29 is 14.3 Å². The van der Waals surface area contributed by atoms with Gasteiger partial charge in [-0.2, -0.15) is 0 Å². The number of carbonyl (C=O) groups excluding carboxylic acids is 1. The molecule has 2 bridgehead atoms. The molecule has 0 unspecified atom stereocenters. The molecule has 3 heteroatoms. The average molecular weight is 441 g/mol. The smallest absolute Gasteiger partial charge is 0.431 e. The molecule has 0 N–H and O–H groups in total. The summed E-state index contributed by atoms with van der Waals surface area (Å²) < 4.78 is 11.5. The molecule has 178 valence electrons. The molecular formula is C29H44O3. The van der Waals surface area contributed by atoms with Gasteiger partial charge in [-0.3, -0.25) is 0 Å². The SMILES string of the molecule is CC(C)[C@@H](C)/C=C/[C@@H](C)[C@@H]1CC[C@@H]2C3=CC[C@@]45C[C@@H](CC[C@]4(C)[C@H]3CC[C@@]21C)OC(=O)O5. The zero-order valence-corrected chi connectivity index (χ0v) is 21.2. The Hall–Kier alpha value is -1.25. The normalized spacial score (nSPS) is 47.1. The Morgan fingerprint density at radius 3 is 2.53 bits per heavy atom. The van der Waals surface area contributed by atoms with Crippen LogP contribution in [0, 0.1) is 46.3 Å². The van der Waals surface area contributed by atoms with Crippen LogP contribution in [0.2, 0.25) is 0 Å². The molecule has 1 heterocycles. The minimum Gasteiger partial charge on any atom is -0.431 e. The van der Waals surface area contributed by atoms with Gasteiger partial charge >= 0.3 is 6.16 Å². The summed E-state index contributed by atoms with van der Waals surface area (Å²) >= 11 is 0. The lowest BCUT2D eigenvalue weighted by atomic mass is 9.46. The van der Waals surface area contributed by atoms with Crippen molar-refractivity contribution >= 4 is 6.16 Å². The van der Waals surface area contributed by atoms with E-state index in [2.05, 4.69) is 59.8 Å². The zero-order chi connectivity index (χ0) is 22.9. The topological polar surface area (TPSA) is 35.5 Å². The number of hydrogen-bond acceptors (Lipinski definition) is 3. The Balaban J connectivity index is 1.41. The van der Waals surface area contributed by atoms with Gasteiger partial charge in [-0.25, -0.2) is 4.79 Å². The Morgan fingerprint density at radius 1 is 1.00 bits per heavy atom. The summed E-state index contributed by atoms with van der Waals surface area (Å²) in [6.45, 7) is 14.5. The molecule has 1 aliphatic heterocycles. The van der Waals surface area contributed by atoms with Crippen molar-refractivity contribution in [1.29, 1.82) is 0 Å². The molecule has 1 spiro atoms. The summed E-state index contributed by atoms with van der Waals surface area (Å²) in [6, 6.07) is 0. The van der Waals surface area contributed by atoms with Crippen molar-refractivity contribution in [1.82, 2.24) is 0 Å². The maximum Gasteiger partial charge on any atom is 0.509 e. The van der Waals surface area contributed by atoms with Gasteiger partial charge in [-0.05, 0) is 79.4 Å². The lowest BCUT2D eigenvalue weighted by Gasteiger charge is -2.63. The predicted molar refractivity (Wildman–Crippen MR) is 128 cm³/mol. The summed E-state index contributed by atoms with van der Waals surface area (Å²) in [5, 5.41) is 0. The first-order chi connectivity index (χ1) is 15.1. The standard InChI is InChI=1S/C29H44O3/c1-18(2)19(3)7-8-20(4)23-9-10-24-22-12-16-29-17-21(31-26(30)32-29)11-15-28(29,6)25(22)13-14-27(23,24)5/h7-8,12,18-21,23-25H,9-11,13-17H2,1-6H3/b8-7+/t19-,20+,21+,23-,24+,25-,27+,28+,29+/m0/s1. The number of carbonyl (C=O) groups is 1. The summed E-state index contributed by atoms with van der Waals surface area (Å²) in [5.74, 6) is 4.02. The maximum atomic E-state index is 12.3. The quantitative estimate of drug-likeness (QED) is 0.332. The highest BCUT2D eigenvalue weighted by Gasteiger charge is 2.66. The molecular weight excluding hydrogens is 396 g/mol. The molecule has 0 aromatic heterocycles. The van der Waals surface area contributed by atoms with Crippen molar-refractivity contribution in [3.8, 4) is 0 Å². The Bertz CT molecular complexity index is 826. The highest BCUT2D eigenvalue weighted by Crippen LogP contribution is 2.68. The van der Waals surface area contributed by atoms with Crippen LogP contribution in [-0.4, -0.2) is 17.9 Å². The van der Waals surface area contributed by atoms with E-state index < -0.39 is 6.16 Å². The lowest BCUT2D eigenvalue weighted by Crippen LogP contribution is -2.64. The zero-order valence-electron chi connectivity index (χ0n) is 21.2. The van der Waals surface area contributed by atoms with Crippen molar-refractivity contribution in [2.24, 2.45) is 46.3 Å². The molecule has 0 aromatic carbocycles. The van der Waals surface area contributed by atoms with Gasteiger partial charge in [0, 0.05) is 18.3 Å². The highest BCUT2D eigenvalue weighted by atomic mass is 16.7. The predicted octanol–water partition coefficient (Wildman–Crippen LogP) is 7.71. The van der Waals surface area contributed by atoms with Gasteiger partial charge in [0.1, 0.15) is 11.7 Å². The van der Waals surface area contributed by atoms with Crippen molar-refractivity contribution in [2.75, 3.05) is 0 Å². The van der Waals surface area contributed by atoms with Crippen LogP contribution in [0.15, 0.2) is 23.8 Å². The molecule has 4 aliphatic carbocycles. The fourth-order valence-corrected chi connectivity index (χ4v) is 8.68. The van der Waals surface area contributed by atoms with Gasteiger partial charge in [0.25, 0.3) is 0 Å². The maximum absolute atomic E-state index is 12.3. The highest BCUT2D eigenvalue weighted by molar-refractivity contribution is 5.62. The number of allylic oxidation sites excluding steroid dienone is 3. The largest absolute Gasteiger partial charge is 0.509 e. The first-order valence-electron chi connectivity index (χ1n) is 13.4. The minimum atomic E-state index is -0.429. The van der Waals surface area contributed by atoms with Gasteiger partial charge in [0.15, 0.2) is 0 Å². The van der Waals surface area contributed by atoms with Crippen molar-refractivity contribution in [3.05, 3.63) is 23.8 Å². The summed E-state index contributed by atoms with van der Waals surface area (Å²) in [7, 11) is 0. The third-order valence-corrected chi connectivity index (χ3v) is 11.2. The van der Waals surface area contributed by atoms with Crippen LogP contribution < -0.4 is 0 Å². The van der Waals surface area contributed by atoms with Gasteiger partial charge in [-0.15, -0.1) is 0 Å². The summed E-state index contributed by atoms with van der Waals surface area (Å²) in [6.07, 6.45) is 16.3. The van der Waals surface area contributed by atoms with Gasteiger partial charge in [0.2, 0.25) is 0 Å². The first kappa shape index (κ1) is 22.5. The molecule has 3 nitrogen and oxygen atoms in total. The number of ether oxygens (including phenoxy) is 2. The summed E-state index contributed by atoms with van der Waals surface area (Å²) in [5.41, 5.74) is 1.85. The second-order valence-electron chi connectivity index (χ2n) is 12.8. The molecule has 3 saturated carbocycles. The summed E-state index contributed by atoms with van der Waals surface area (Å²) in [4.78, 5) is 12.3. The van der Waals surface area contributed by atoms with Crippen LogP contribution >= 0.6 is 0 Å². The second-order valence-corrected chi connectivity index (χ2v) is 12.8. The Kier molecular flexibility index (Phi) is 5.38. The van der Waals surface area contributed by atoms with Crippen molar-refractivity contribution in [3.63, 3.8) is 0 Å². The van der Waals surface area contributed by atoms with E-state index in [4.69, 9.17) is 9.47 Å². The lowest BCUT2D eigenvalue weighted by molar-refractivity contribution is -0.217. The van der Waals surface area contributed by atoms with Gasteiger partial charge in [0.05, 0.1) is 0 Å². The third kappa shape index (κ3) is 3.16. The van der Waals surface area contributed by atoms with E-state index in [1.165, 1.54) is 25.7 Å². The van der Waals surface area contributed by atoms with Crippen LogP contribution in [0.4, 0.5) is 4.79 Å². The van der Waals surface area contributed by atoms with E-state index in [9.17, 15) is 4.79 Å². The molecule has 1 saturated heterocycles. The van der Waals surface area contributed by atoms with Gasteiger partial charge in [-0.1, -0.05) is 65.3 Å². The fraction of sp³-hybridized carbons (Fsp3) is 0.828. The number of fused-ring (bicyclic) bond motifs is 5. The Labute approximate surface area is 195 Å². The second kappa shape index (κ2) is 7.64. The van der Waals surface area contributed by atoms with Crippen LogP contribution in [0.1, 0.15) is 92.9 Å². The van der Waals surface area contributed by atoms with E-state index in [0.717, 1.165) is 31.6 Å². The average Bonchev–Trinajstić information content (AvgIpc) is 3.09. The van der Waals surface area contributed by atoms with E-state index in [0.29, 0.717) is 35.0 Å². The molecule has 0 radical (unpaired) electrons. The van der Waals surface area contributed by atoms with Crippen LogP contribution in [0.5, 0.6) is 0 Å². The number of rotatable bonds is 4. The van der Waals surface area contributed by atoms with E-state index in [1.807, 2.05) is 0 Å². The van der Waals surface area contributed by atoms with Gasteiger partial charge < -0.3 is 9.47 Å². The van der Waals surface area contributed by atoms with Crippen LogP contribution in [0.3, 0.4) is 0 Å². The van der Waals surface area contributed by atoms with E-state index >= 15 is 0 Å². The van der Waals surface area contributed by atoms with E-state index in [1.54, 1.807) is 5.57 Å². The molecule has 32 heavy (non-hydrogen) atoms. The van der Waals surface area contributed by atoms with Crippen LogP contribution in [0.25, 0.3) is 0 Å². The Morgan fingerprint density at radius 2 is 1.78 bits per heavy atom. The monoisotopic (exact) mass is 440 g/mol. The molecule has 5 aliphatic rings. The molecule has 4 fully saturated rings. The molecule has 0 aromatic rings. The molecule has 5 rings (SSSR count). The molecule has 9 atom stereocenters. The third-order valence-electron chi connectivity index (χ3n) is 11.2. The fourth-order valence-electron chi connectivity index (χ4n) is 8.68. The minimum absolute atomic E-state index is 0.0601. The van der Waals surface area contributed by atoms with Crippen molar-refractivity contribution in [2.45, 2.75) is 105 Å². The van der Waals surface area contributed by atoms with Crippen LogP contribution in [-0.2, 0) is 9.47 Å². The van der Waals surface area contributed by atoms with E-state index in [-0.39, 0.29) is 17.1 Å². The molecule has 0 amide bonds. The number of hydrogen-bond donors (Lipinski definition) is 0. The first-order valence-corrected chi connectivity index (χ1v) is 13.4.